The van der Waals surface area contributed by atoms with Crippen molar-refractivity contribution >= 4 is 11.4 Å². The number of nitrogens with one attached hydrogen (secondary N) is 2. The monoisotopic (exact) mass is 632 g/mol. The van der Waals surface area contributed by atoms with Crippen molar-refractivity contribution in [1.82, 2.24) is 10.6 Å². The number of fused-ring (bicyclic) bond motifs is 8. The second-order valence-corrected chi connectivity index (χ2v) is 16.4. The summed E-state index contributed by atoms with van der Waals surface area (Å²) in [5.41, 5.74) is 14.0. The van der Waals surface area contributed by atoms with Crippen molar-refractivity contribution in [2.45, 2.75) is 114 Å². The minimum atomic E-state index is -0.0278. The molecule has 4 unspecified atom stereocenters. The molecule has 10 rings (SSSR count). The van der Waals surface area contributed by atoms with Gasteiger partial charge in [0.25, 0.3) is 0 Å². The zero-order valence-electron chi connectivity index (χ0n) is 28.9. The summed E-state index contributed by atoms with van der Waals surface area (Å²) in [6.45, 7) is 9.65. The van der Waals surface area contributed by atoms with E-state index in [2.05, 4.69) is 133 Å². The molecule has 4 fully saturated rings. The van der Waals surface area contributed by atoms with Crippen LogP contribution in [0.4, 0.5) is 11.4 Å². The smallest absolute Gasteiger partial charge is 0.155 e. The predicted molar refractivity (Wildman–Crippen MR) is 198 cm³/mol. The van der Waals surface area contributed by atoms with Crippen LogP contribution >= 0.6 is 0 Å². The van der Waals surface area contributed by atoms with Gasteiger partial charge >= 0.3 is 0 Å². The van der Waals surface area contributed by atoms with Crippen molar-refractivity contribution in [1.29, 1.82) is 0 Å². The molecule has 0 aromatic heterocycles. The Morgan fingerprint density at radius 1 is 0.500 bits per heavy atom. The van der Waals surface area contributed by atoms with Crippen LogP contribution in [0.15, 0.2) is 96.6 Å². The molecule has 2 saturated heterocycles. The number of anilines is 2. The summed E-state index contributed by atoms with van der Waals surface area (Å²) >= 11 is 0. The van der Waals surface area contributed by atoms with Crippen LogP contribution in [0.3, 0.4) is 0 Å². The molecule has 0 radical (unpaired) electrons. The van der Waals surface area contributed by atoms with Gasteiger partial charge in [0.15, 0.2) is 5.82 Å². The number of benzene rings is 4. The molecule has 0 spiro atoms. The summed E-state index contributed by atoms with van der Waals surface area (Å²) in [5, 5.41) is 8.19. The Kier molecular flexibility index (Phi) is 6.10. The number of hydrogen-bond donors (Lipinski definition) is 2. The van der Waals surface area contributed by atoms with E-state index < -0.39 is 0 Å². The fourth-order valence-corrected chi connectivity index (χ4v) is 10.7. The van der Waals surface area contributed by atoms with Crippen LogP contribution in [-0.4, -0.2) is 24.2 Å². The second kappa shape index (κ2) is 10.2. The summed E-state index contributed by atoms with van der Waals surface area (Å²) in [7, 11) is 0. The summed E-state index contributed by atoms with van der Waals surface area (Å²) in [4.78, 5) is 5.53. The van der Waals surface area contributed by atoms with Crippen molar-refractivity contribution in [3.63, 3.8) is 0 Å². The lowest BCUT2D eigenvalue weighted by atomic mass is 9.82. The molecule has 4 nitrogen and oxygen atoms in total. The van der Waals surface area contributed by atoms with Gasteiger partial charge in [-0.15, -0.1) is 0 Å². The molecule has 2 heterocycles. The third kappa shape index (κ3) is 3.89. The van der Waals surface area contributed by atoms with Crippen LogP contribution in [0.1, 0.15) is 101 Å². The largest absolute Gasteiger partial charge is 0.364 e. The summed E-state index contributed by atoms with van der Waals surface area (Å²) < 4.78 is 0. The quantitative estimate of drug-likeness (QED) is 0.230. The van der Waals surface area contributed by atoms with Gasteiger partial charge < -0.3 is 20.4 Å². The molecule has 6 aliphatic rings. The molecule has 2 aliphatic heterocycles. The van der Waals surface area contributed by atoms with Gasteiger partial charge in [-0.2, -0.15) is 0 Å². The molecule has 4 atom stereocenters. The average Bonchev–Trinajstić information content (AvgIpc) is 3.81. The summed E-state index contributed by atoms with van der Waals surface area (Å²) in [5.74, 6) is 2.58. The van der Waals surface area contributed by atoms with E-state index in [1.165, 1.54) is 119 Å². The fraction of sp³-hybridized carbons (Fsp3) is 0.409. The van der Waals surface area contributed by atoms with Gasteiger partial charge in [0, 0.05) is 34.3 Å². The van der Waals surface area contributed by atoms with Gasteiger partial charge in [-0.1, -0.05) is 114 Å². The number of rotatable bonds is 2. The molecule has 244 valence electrons. The Morgan fingerprint density at radius 3 is 1.40 bits per heavy atom. The molecule has 4 heteroatoms. The second-order valence-electron chi connectivity index (χ2n) is 16.4. The van der Waals surface area contributed by atoms with E-state index in [4.69, 9.17) is 0 Å². The third-order valence-corrected chi connectivity index (χ3v) is 13.2. The van der Waals surface area contributed by atoms with E-state index in [9.17, 15) is 0 Å². The first kappa shape index (κ1) is 28.8. The maximum atomic E-state index is 4.09. The molecular weight excluding hydrogens is 585 g/mol. The van der Waals surface area contributed by atoms with Crippen LogP contribution < -0.4 is 20.4 Å². The number of nitrogens with zero attached hydrogens (tertiary/aromatic N) is 2. The molecule has 4 aromatic carbocycles. The summed E-state index contributed by atoms with van der Waals surface area (Å²) in [6.07, 6.45) is 10.1. The van der Waals surface area contributed by atoms with Crippen LogP contribution in [0, 0.1) is 0 Å². The molecule has 0 amide bonds. The minimum Gasteiger partial charge on any atom is -0.364 e. The van der Waals surface area contributed by atoms with E-state index in [1.54, 1.807) is 0 Å². The van der Waals surface area contributed by atoms with Gasteiger partial charge in [0.1, 0.15) is 5.82 Å². The Morgan fingerprint density at radius 2 is 0.917 bits per heavy atom. The van der Waals surface area contributed by atoms with Gasteiger partial charge in [-0.25, -0.2) is 0 Å². The average molecular weight is 633 g/mol. The van der Waals surface area contributed by atoms with E-state index in [0.717, 1.165) is 0 Å². The highest BCUT2D eigenvalue weighted by Crippen LogP contribution is 2.54. The van der Waals surface area contributed by atoms with Crippen LogP contribution in [0.5, 0.6) is 0 Å². The topological polar surface area (TPSA) is 30.5 Å². The zero-order valence-corrected chi connectivity index (χ0v) is 28.9. The van der Waals surface area contributed by atoms with Crippen molar-refractivity contribution < 1.29 is 0 Å². The van der Waals surface area contributed by atoms with E-state index in [0.29, 0.717) is 24.2 Å². The number of hydrogen-bond acceptors (Lipinski definition) is 4. The Hall–Kier alpha value is -4.18. The van der Waals surface area contributed by atoms with Gasteiger partial charge in [-0.3, -0.25) is 0 Å². The van der Waals surface area contributed by atoms with E-state index in [-0.39, 0.29) is 10.8 Å². The van der Waals surface area contributed by atoms with Crippen LogP contribution in [-0.2, 0) is 10.8 Å². The highest BCUT2D eigenvalue weighted by atomic mass is 15.5. The fourth-order valence-electron chi connectivity index (χ4n) is 10.7. The zero-order chi connectivity index (χ0) is 32.4. The van der Waals surface area contributed by atoms with E-state index >= 15 is 0 Å². The lowest BCUT2D eigenvalue weighted by Gasteiger charge is -2.33. The van der Waals surface area contributed by atoms with Crippen LogP contribution in [0.25, 0.3) is 22.3 Å². The first-order valence-corrected chi connectivity index (χ1v) is 18.7. The molecular formula is C44H48N4. The predicted octanol–water partition coefficient (Wildman–Crippen LogP) is 9.57. The maximum Gasteiger partial charge on any atom is 0.155 e. The van der Waals surface area contributed by atoms with Gasteiger partial charge in [0.05, 0.1) is 12.1 Å². The molecule has 48 heavy (non-hydrogen) atoms. The van der Waals surface area contributed by atoms with Gasteiger partial charge in [0.2, 0.25) is 0 Å². The lowest BCUT2D eigenvalue weighted by molar-refractivity contribution is 0.374. The minimum absolute atomic E-state index is 0.0278. The Balaban J connectivity index is 1.15. The standard InChI is InChI=1S/C44H48N4/c1-43(2)33-15-7-5-13-29(33)31-23-21-27(25-35(31)43)47-39-19-11-12-20-40(39)48(42(47)41-45-37-17-9-10-18-38(37)46-41)28-22-24-32-30-14-6-8-16-34(30)44(3,4)36(32)26-28/h5-8,13-16,21-26,37-40,45-46H,9-12,17-20H2,1-4H3. The highest BCUT2D eigenvalue weighted by Gasteiger charge is 2.50. The SMILES string of the molecule is CC1(C)c2ccccc2-c2ccc(N3C(=C4NC5CCCCC5N4)N(c4ccc5c(c4)C(C)(C)c4ccccc4-5)C4CCCCC43)cc21. The summed E-state index contributed by atoms with van der Waals surface area (Å²) in [6, 6.07) is 34.8. The van der Waals surface area contributed by atoms with Crippen molar-refractivity contribution in [3.05, 3.63) is 119 Å². The first-order chi connectivity index (χ1) is 23.3. The van der Waals surface area contributed by atoms with Gasteiger partial charge in [-0.05, 0) is 94.5 Å². The Bertz CT molecular complexity index is 1860. The van der Waals surface area contributed by atoms with Crippen molar-refractivity contribution in [2.24, 2.45) is 0 Å². The van der Waals surface area contributed by atoms with E-state index in [1.807, 2.05) is 0 Å². The van der Waals surface area contributed by atoms with Crippen molar-refractivity contribution in [2.75, 3.05) is 9.80 Å². The maximum absolute atomic E-state index is 4.09. The molecule has 2 saturated carbocycles. The van der Waals surface area contributed by atoms with Crippen LogP contribution in [0.2, 0.25) is 0 Å². The molecule has 2 N–H and O–H groups in total. The molecule has 4 aliphatic carbocycles. The van der Waals surface area contributed by atoms with Crippen molar-refractivity contribution in [3.8, 4) is 22.3 Å². The normalized spacial score (nSPS) is 27.0. The molecule has 4 aromatic rings. The molecule has 0 bridgehead atoms. The third-order valence-electron chi connectivity index (χ3n) is 13.2. The Labute approximate surface area is 286 Å². The highest BCUT2D eigenvalue weighted by molar-refractivity contribution is 5.85. The lowest BCUT2D eigenvalue weighted by Crippen LogP contribution is -2.40. The first-order valence-electron chi connectivity index (χ1n) is 18.7.